The molecule has 0 spiro atoms. The van der Waals surface area contributed by atoms with Crippen molar-refractivity contribution in [2.24, 2.45) is 0 Å². The Bertz CT molecular complexity index is 1480. The van der Waals surface area contributed by atoms with Gasteiger partial charge in [0.1, 0.15) is 0 Å². The fourth-order valence-electron chi connectivity index (χ4n) is 3.06. The molecule has 164 valence electrons. The Morgan fingerprint density at radius 2 is 1.91 bits per heavy atom. The maximum Gasteiger partial charge on any atom is 0.266 e. The second-order valence-corrected chi connectivity index (χ2v) is 8.67. The second kappa shape index (κ2) is 9.63. The third-order valence-corrected chi connectivity index (χ3v) is 6.57. The van der Waals surface area contributed by atoms with Crippen LogP contribution >= 0.6 is 35.0 Å². The Morgan fingerprint density at radius 3 is 2.64 bits per heavy atom. The van der Waals surface area contributed by atoms with Crippen molar-refractivity contribution in [1.82, 2.24) is 14.5 Å². The first kappa shape index (κ1) is 22.8. The van der Waals surface area contributed by atoms with Gasteiger partial charge in [0, 0.05) is 6.20 Å². The van der Waals surface area contributed by atoms with Gasteiger partial charge in [0.2, 0.25) is 5.91 Å². The fourth-order valence-corrected chi connectivity index (χ4v) is 4.27. The molecule has 2 aromatic carbocycles. The van der Waals surface area contributed by atoms with Gasteiger partial charge >= 0.3 is 0 Å². The van der Waals surface area contributed by atoms with E-state index in [2.05, 4.69) is 21.4 Å². The molecule has 2 aromatic heterocycles. The standard InChI is InChI=1S/C23H15Cl2N5O2S/c1-13-17(24)11-27-21(20(13)25)29-19(31)12-33-23-28-18-5-3-2-4-16(18)22(32)30(23)15-8-6-14(10-26)7-9-15/h2-9,11H,12H2,1H3,(H,27,29,31). The van der Waals surface area contributed by atoms with Gasteiger partial charge in [-0.3, -0.25) is 14.2 Å². The van der Waals surface area contributed by atoms with Gasteiger partial charge in [-0.25, -0.2) is 9.97 Å². The van der Waals surface area contributed by atoms with Gasteiger partial charge in [-0.1, -0.05) is 47.1 Å². The molecule has 4 rings (SSSR count). The molecule has 0 fully saturated rings. The molecule has 10 heteroatoms. The number of amides is 1. The monoisotopic (exact) mass is 495 g/mol. The summed E-state index contributed by atoms with van der Waals surface area (Å²) in [6.07, 6.45) is 1.42. The van der Waals surface area contributed by atoms with Crippen LogP contribution in [0, 0.1) is 18.3 Å². The minimum atomic E-state index is -0.370. The third kappa shape index (κ3) is 4.71. The van der Waals surface area contributed by atoms with Crippen LogP contribution in [-0.4, -0.2) is 26.2 Å². The molecule has 0 aliphatic carbocycles. The van der Waals surface area contributed by atoms with E-state index in [4.69, 9.17) is 28.5 Å². The number of aromatic nitrogens is 3. The first-order chi connectivity index (χ1) is 15.9. The smallest absolute Gasteiger partial charge is 0.266 e. The van der Waals surface area contributed by atoms with Gasteiger partial charge in [-0.2, -0.15) is 5.26 Å². The average molecular weight is 496 g/mol. The molecule has 0 aliphatic heterocycles. The van der Waals surface area contributed by atoms with E-state index in [1.165, 1.54) is 10.8 Å². The first-order valence-corrected chi connectivity index (χ1v) is 11.4. The maximum atomic E-state index is 13.3. The Labute approximate surface area is 203 Å². The summed E-state index contributed by atoms with van der Waals surface area (Å²) in [6.45, 7) is 1.73. The molecular formula is C23H15Cl2N5O2S. The summed E-state index contributed by atoms with van der Waals surface area (Å²) in [5, 5.41) is 13.2. The van der Waals surface area contributed by atoms with Gasteiger partial charge < -0.3 is 5.32 Å². The number of nitrogens with zero attached hydrogens (tertiary/aromatic N) is 4. The van der Waals surface area contributed by atoms with Crippen molar-refractivity contribution in [2.45, 2.75) is 12.1 Å². The van der Waals surface area contributed by atoms with Crippen LogP contribution in [-0.2, 0) is 4.79 Å². The number of rotatable bonds is 5. The van der Waals surface area contributed by atoms with Crippen LogP contribution in [0.4, 0.5) is 5.82 Å². The number of pyridine rings is 1. The molecule has 33 heavy (non-hydrogen) atoms. The molecule has 2 heterocycles. The molecular weight excluding hydrogens is 481 g/mol. The van der Waals surface area contributed by atoms with E-state index >= 15 is 0 Å². The number of nitrogens with one attached hydrogen (secondary N) is 1. The van der Waals surface area contributed by atoms with E-state index in [0.717, 1.165) is 11.8 Å². The topological polar surface area (TPSA) is 101 Å². The average Bonchev–Trinajstić information content (AvgIpc) is 2.83. The van der Waals surface area contributed by atoms with E-state index in [9.17, 15) is 9.59 Å². The molecule has 0 saturated carbocycles. The number of anilines is 1. The summed E-state index contributed by atoms with van der Waals surface area (Å²) in [7, 11) is 0. The molecule has 0 aliphatic rings. The highest BCUT2D eigenvalue weighted by molar-refractivity contribution is 7.99. The lowest BCUT2D eigenvalue weighted by molar-refractivity contribution is -0.113. The van der Waals surface area contributed by atoms with Crippen LogP contribution < -0.4 is 10.9 Å². The molecule has 7 nitrogen and oxygen atoms in total. The van der Waals surface area contributed by atoms with Crippen LogP contribution in [0.5, 0.6) is 0 Å². The highest BCUT2D eigenvalue weighted by Crippen LogP contribution is 2.29. The number of carbonyl (C=O) groups excluding carboxylic acids is 1. The number of para-hydroxylation sites is 1. The van der Waals surface area contributed by atoms with Crippen molar-refractivity contribution >= 4 is 57.6 Å². The minimum absolute atomic E-state index is 0.0409. The zero-order chi connectivity index (χ0) is 23.5. The SMILES string of the molecule is Cc1c(Cl)cnc(NC(=O)CSc2nc3ccccc3c(=O)n2-c2ccc(C#N)cc2)c1Cl. The van der Waals surface area contributed by atoms with E-state index in [1.54, 1.807) is 55.5 Å². The number of hydrogen-bond acceptors (Lipinski definition) is 6. The van der Waals surface area contributed by atoms with Crippen LogP contribution in [0.1, 0.15) is 11.1 Å². The summed E-state index contributed by atoms with van der Waals surface area (Å²) in [4.78, 5) is 34.5. The lowest BCUT2D eigenvalue weighted by atomic mass is 10.2. The Hall–Kier alpha value is -3.38. The van der Waals surface area contributed by atoms with Crippen molar-refractivity contribution < 1.29 is 4.79 Å². The lowest BCUT2D eigenvalue weighted by Gasteiger charge is -2.13. The Morgan fingerprint density at radius 1 is 1.18 bits per heavy atom. The summed E-state index contributed by atoms with van der Waals surface area (Å²) in [6, 6.07) is 15.6. The van der Waals surface area contributed by atoms with Gasteiger partial charge in [0.15, 0.2) is 11.0 Å². The molecule has 1 N–H and O–H groups in total. The van der Waals surface area contributed by atoms with Crippen molar-refractivity contribution in [3.05, 3.63) is 86.3 Å². The normalized spacial score (nSPS) is 10.7. The maximum absolute atomic E-state index is 13.3. The summed E-state index contributed by atoms with van der Waals surface area (Å²) < 4.78 is 1.43. The predicted molar refractivity (Wildman–Crippen MR) is 130 cm³/mol. The second-order valence-electron chi connectivity index (χ2n) is 6.94. The molecule has 0 unspecified atom stereocenters. The number of fused-ring (bicyclic) bond motifs is 1. The van der Waals surface area contributed by atoms with Crippen molar-refractivity contribution in [1.29, 1.82) is 5.26 Å². The molecule has 1 amide bonds. The highest BCUT2D eigenvalue weighted by atomic mass is 35.5. The third-order valence-electron chi connectivity index (χ3n) is 4.79. The van der Waals surface area contributed by atoms with Gasteiger partial charge in [0.05, 0.1) is 44.0 Å². The summed E-state index contributed by atoms with van der Waals surface area (Å²) >= 11 is 13.3. The number of hydrogen-bond donors (Lipinski definition) is 1. The highest BCUT2D eigenvalue weighted by Gasteiger charge is 2.16. The van der Waals surface area contributed by atoms with E-state index < -0.39 is 0 Å². The zero-order valence-corrected chi connectivity index (χ0v) is 19.5. The molecule has 0 radical (unpaired) electrons. The summed E-state index contributed by atoms with van der Waals surface area (Å²) in [5.74, 6) is -0.203. The zero-order valence-electron chi connectivity index (χ0n) is 17.2. The van der Waals surface area contributed by atoms with E-state index in [-0.39, 0.29) is 28.1 Å². The summed E-state index contributed by atoms with van der Waals surface area (Å²) in [5.41, 5.74) is 1.87. The number of thioether (sulfide) groups is 1. The van der Waals surface area contributed by atoms with Crippen LogP contribution in [0.2, 0.25) is 10.0 Å². The first-order valence-electron chi connectivity index (χ1n) is 9.64. The van der Waals surface area contributed by atoms with Crippen LogP contribution in [0.3, 0.4) is 0 Å². The number of halogens is 2. The Kier molecular flexibility index (Phi) is 6.65. The van der Waals surface area contributed by atoms with E-state index in [1.807, 2.05) is 0 Å². The number of nitriles is 1. The minimum Gasteiger partial charge on any atom is -0.309 e. The lowest BCUT2D eigenvalue weighted by Crippen LogP contribution is -2.23. The van der Waals surface area contributed by atoms with Gasteiger partial charge in [-0.15, -0.1) is 0 Å². The molecule has 4 aromatic rings. The van der Waals surface area contributed by atoms with Crippen LogP contribution in [0.15, 0.2) is 64.7 Å². The molecule has 0 saturated heterocycles. The van der Waals surface area contributed by atoms with Gasteiger partial charge in [0.25, 0.3) is 5.56 Å². The molecule has 0 atom stereocenters. The van der Waals surface area contributed by atoms with E-state index in [0.29, 0.717) is 37.9 Å². The van der Waals surface area contributed by atoms with Crippen molar-refractivity contribution in [2.75, 3.05) is 11.1 Å². The largest absolute Gasteiger partial charge is 0.309 e. The predicted octanol–water partition coefficient (Wildman–Crippen LogP) is 5.00. The fraction of sp³-hybridized carbons (Fsp3) is 0.0870. The van der Waals surface area contributed by atoms with Crippen molar-refractivity contribution in [3.8, 4) is 11.8 Å². The molecule has 0 bridgehead atoms. The Balaban J connectivity index is 1.67. The number of carbonyl (C=O) groups is 1. The van der Waals surface area contributed by atoms with Crippen molar-refractivity contribution in [3.63, 3.8) is 0 Å². The number of benzene rings is 2. The quantitative estimate of drug-likeness (QED) is 0.308. The van der Waals surface area contributed by atoms with Gasteiger partial charge in [-0.05, 0) is 48.9 Å². The van der Waals surface area contributed by atoms with Crippen LogP contribution in [0.25, 0.3) is 16.6 Å².